The molecule has 0 bridgehead atoms. The first-order valence-corrected chi connectivity index (χ1v) is 9.29. The van der Waals surface area contributed by atoms with Gasteiger partial charge in [0.2, 0.25) is 5.91 Å². The molecule has 29 heavy (non-hydrogen) atoms. The Morgan fingerprint density at radius 1 is 1.21 bits per heavy atom. The molecule has 0 spiro atoms. The van der Waals surface area contributed by atoms with Crippen LogP contribution in [0.2, 0.25) is 0 Å². The molecule has 148 valence electrons. The molecular weight excluding hydrogens is 368 g/mol. The number of rotatable bonds is 5. The predicted molar refractivity (Wildman–Crippen MR) is 108 cm³/mol. The molecule has 2 N–H and O–H groups in total. The van der Waals surface area contributed by atoms with Gasteiger partial charge in [0.25, 0.3) is 5.91 Å². The first kappa shape index (κ1) is 20.1. The molecular formula is C22H22N4O3. The highest BCUT2D eigenvalue weighted by Crippen LogP contribution is 2.29. The maximum absolute atomic E-state index is 12.9. The van der Waals surface area contributed by atoms with Gasteiger partial charge in [0.1, 0.15) is 12.1 Å². The molecule has 0 unspecified atom stereocenters. The summed E-state index contributed by atoms with van der Waals surface area (Å²) in [6, 6.07) is 15.2. The second kappa shape index (κ2) is 7.76. The molecule has 0 radical (unpaired) electrons. The van der Waals surface area contributed by atoms with E-state index in [1.807, 2.05) is 24.3 Å². The Kier molecular flexibility index (Phi) is 5.37. The van der Waals surface area contributed by atoms with Gasteiger partial charge in [0, 0.05) is 5.69 Å². The Morgan fingerprint density at radius 2 is 1.90 bits per heavy atom. The normalized spacial score (nSPS) is 18.5. The molecule has 1 atom stereocenters. The summed E-state index contributed by atoms with van der Waals surface area (Å²) in [5, 5.41) is 14.3. The topological polar surface area (TPSA) is 102 Å². The fraction of sp³-hybridized carbons (Fsp3) is 0.273. The highest BCUT2D eigenvalue weighted by Gasteiger charge is 2.49. The SMILES string of the molecule is CC(C)c1cccc(NC(=O)CN2C(=O)N[C@@](C)(c3ccc(C#N)cc3)C2=O)c1. The molecule has 0 saturated carbocycles. The Balaban J connectivity index is 1.73. The van der Waals surface area contributed by atoms with Crippen LogP contribution >= 0.6 is 0 Å². The third-order valence-corrected chi connectivity index (χ3v) is 5.01. The number of anilines is 1. The summed E-state index contributed by atoms with van der Waals surface area (Å²) in [5.74, 6) is -0.664. The first-order chi connectivity index (χ1) is 13.7. The Hall–Kier alpha value is -3.66. The molecule has 0 aliphatic carbocycles. The van der Waals surface area contributed by atoms with Gasteiger partial charge in [-0.1, -0.05) is 38.1 Å². The van der Waals surface area contributed by atoms with Gasteiger partial charge in [0.15, 0.2) is 0 Å². The van der Waals surface area contributed by atoms with E-state index in [2.05, 4.69) is 24.5 Å². The van der Waals surface area contributed by atoms with Crippen LogP contribution in [0.3, 0.4) is 0 Å². The smallest absolute Gasteiger partial charge is 0.325 e. The third-order valence-electron chi connectivity index (χ3n) is 5.01. The van der Waals surface area contributed by atoms with E-state index >= 15 is 0 Å². The van der Waals surface area contributed by atoms with E-state index in [1.165, 1.54) is 0 Å². The molecule has 7 heteroatoms. The van der Waals surface area contributed by atoms with Crippen molar-refractivity contribution in [3.63, 3.8) is 0 Å². The van der Waals surface area contributed by atoms with E-state index in [9.17, 15) is 14.4 Å². The van der Waals surface area contributed by atoms with Crippen LogP contribution in [-0.4, -0.2) is 29.3 Å². The quantitative estimate of drug-likeness (QED) is 0.766. The van der Waals surface area contributed by atoms with Crippen LogP contribution < -0.4 is 10.6 Å². The van der Waals surface area contributed by atoms with Gasteiger partial charge in [-0.3, -0.25) is 14.5 Å². The molecule has 4 amide bonds. The minimum absolute atomic E-state index is 0.311. The number of hydrogen-bond donors (Lipinski definition) is 2. The van der Waals surface area contributed by atoms with Crippen LogP contribution in [0, 0.1) is 11.3 Å². The highest BCUT2D eigenvalue weighted by atomic mass is 16.2. The lowest BCUT2D eigenvalue weighted by Gasteiger charge is -2.22. The van der Waals surface area contributed by atoms with Crippen molar-refractivity contribution in [2.24, 2.45) is 0 Å². The lowest BCUT2D eigenvalue weighted by atomic mass is 9.91. The number of benzene rings is 2. The maximum atomic E-state index is 12.9. The zero-order valence-electron chi connectivity index (χ0n) is 16.5. The van der Waals surface area contributed by atoms with E-state index < -0.39 is 23.4 Å². The lowest BCUT2D eigenvalue weighted by Crippen LogP contribution is -2.42. The molecule has 1 aliphatic heterocycles. The van der Waals surface area contributed by atoms with Crippen molar-refractivity contribution in [2.75, 3.05) is 11.9 Å². The van der Waals surface area contributed by atoms with Crippen molar-refractivity contribution in [1.82, 2.24) is 10.2 Å². The van der Waals surface area contributed by atoms with Crippen LogP contribution in [0.1, 0.15) is 43.4 Å². The Bertz CT molecular complexity index is 1010. The number of nitriles is 1. The van der Waals surface area contributed by atoms with Crippen LogP contribution in [0.15, 0.2) is 48.5 Å². The summed E-state index contributed by atoms with van der Waals surface area (Å²) >= 11 is 0. The molecule has 0 aromatic heterocycles. The summed E-state index contributed by atoms with van der Waals surface area (Å²) in [6.45, 7) is 5.30. The Labute approximate surface area is 169 Å². The predicted octanol–water partition coefficient (Wildman–Crippen LogP) is 3.09. The number of nitrogens with zero attached hydrogens (tertiary/aromatic N) is 2. The van der Waals surface area contributed by atoms with Crippen molar-refractivity contribution in [2.45, 2.75) is 32.2 Å². The number of amides is 4. The molecule has 1 aliphatic rings. The first-order valence-electron chi connectivity index (χ1n) is 9.29. The summed E-state index contributed by atoms with van der Waals surface area (Å²) in [6.07, 6.45) is 0. The van der Waals surface area contributed by atoms with Crippen molar-refractivity contribution < 1.29 is 14.4 Å². The fourth-order valence-electron chi connectivity index (χ4n) is 3.23. The summed E-state index contributed by atoms with van der Waals surface area (Å²) in [7, 11) is 0. The summed E-state index contributed by atoms with van der Waals surface area (Å²) in [5.41, 5.74) is 1.40. The average Bonchev–Trinajstić information content (AvgIpc) is 2.92. The number of carbonyl (C=O) groups is 3. The van der Waals surface area contributed by atoms with Gasteiger partial charge in [-0.2, -0.15) is 5.26 Å². The fourth-order valence-corrected chi connectivity index (χ4v) is 3.23. The van der Waals surface area contributed by atoms with Crippen LogP contribution in [-0.2, 0) is 15.1 Å². The molecule has 7 nitrogen and oxygen atoms in total. The number of nitrogens with one attached hydrogen (secondary N) is 2. The van der Waals surface area contributed by atoms with Gasteiger partial charge in [-0.05, 0) is 48.2 Å². The summed E-state index contributed by atoms with van der Waals surface area (Å²) < 4.78 is 0. The van der Waals surface area contributed by atoms with E-state index in [0.717, 1.165) is 10.5 Å². The third kappa shape index (κ3) is 3.97. The van der Waals surface area contributed by atoms with Gasteiger partial charge in [0.05, 0.1) is 11.6 Å². The molecule has 1 saturated heterocycles. The zero-order chi connectivity index (χ0) is 21.2. The zero-order valence-corrected chi connectivity index (χ0v) is 16.5. The van der Waals surface area contributed by atoms with Crippen molar-refractivity contribution in [1.29, 1.82) is 5.26 Å². The number of hydrogen-bond acceptors (Lipinski definition) is 4. The molecule has 1 heterocycles. The largest absolute Gasteiger partial charge is 0.325 e. The van der Waals surface area contributed by atoms with Gasteiger partial charge >= 0.3 is 6.03 Å². The van der Waals surface area contributed by atoms with Crippen molar-refractivity contribution in [3.8, 4) is 6.07 Å². The number of imide groups is 1. The maximum Gasteiger partial charge on any atom is 0.325 e. The van der Waals surface area contributed by atoms with Crippen molar-refractivity contribution in [3.05, 3.63) is 65.2 Å². The van der Waals surface area contributed by atoms with E-state index in [4.69, 9.17) is 5.26 Å². The standard InChI is InChI=1S/C22H22N4O3/c1-14(2)16-5-4-6-18(11-16)24-19(27)13-26-20(28)22(3,25-21(26)29)17-9-7-15(12-23)8-10-17/h4-11,14H,13H2,1-3H3,(H,24,27)(H,25,29)/t22-/m0/s1. The van der Waals surface area contributed by atoms with Crippen molar-refractivity contribution >= 4 is 23.5 Å². The van der Waals surface area contributed by atoms with E-state index in [1.54, 1.807) is 37.3 Å². The summed E-state index contributed by atoms with van der Waals surface area (Å²) in [4.78, 5) is 38.7. The number of carbonyl (C=O) groups excluding carboxylic acids is 3. The second-order valence-electron chi connectivity index (χ2n) is 7.46. The minimum Gasteiger partial charge on any atom is -0.325 e. The van der Waals surface area contributed by atoms with E-state index in [0.29, 0.717) is 22.7 Å². The van der Waals surface area contributed by atoms with Gasteiger partial charge in [-0.15, -0.1) is 0 Å². The Morgan fingerprint density at radius 3 is 2.52 bits per heavy atom. The minimum atomic E-state index is -1.29. The molecule has 2 aromatic rings. The van der Waals surface area contributed by atoms with Crippen LogP contribution in [0.4, 0.5) is 10.5 Å². The second-order valence-corrected chi connectivity index (χ2v) is 7.46. The molecule has 2 aromatic carbocycles. The van der Waals surface area contributed by atoms with E-state index in [-0.39, 0.29) is 6.54 Å². The number of urea groups is 1. The lowest BCUT2D eigenvalue weighted by molar-refractivity contribution is -0.133. The monoisotopic (exact) mass is 390 g/mol. The highest BCUT2D eigenvalue weighted by molar-refractivity contribution is 6.10. The van der Waals surface area contributed by atoms with Gasteiger partial charge < -0.3 is 10.6 Å². The molecule has 3 rings (SSSR count). The van der Waals surface area contributed by atoms with Crippen LogP contribution in [0.5, 0.6) is 0 Å². The van der Waals surface area contributed by atoms with Gasteiger partial charge in [-0.25, -0.2) is 4.79 Å². The van der Waals surface area contributed by atoms with Crippen LogP contribution in [0.25, 0.3) is 0 Å². The molecule has 1 fully saturated rings. The average molecular weight is 390 g/mol.